The highest BCUT2D eigenvalue weighted by Gasteiger charge is 2.03. The van der Waals surface area contributed by atoms with Crippen LogP contribution in [0, 0.1) is 0 Å². The zero-order chi connectivity index (χ0) is 11.8. The molecule has 0 aliphatic heterocycles. The Morgan fingerprint density at radius 1 is 1.12 bits per heavy atom. The second-order valence-corrected chi connectivity index (χ2v) is 3.48. The molecule has 0 saturated heterocycles. The third-order valence-corrected chi connectivity index (χ3v) is 1.98. The van der Waals surface area contributed by atoms with E-state index in [2.05, 4.69) is 25.6 Å². The molecule has 0 atom stereocenters. The zero-order valence-electron chi connectivity index (χ0n) is 9.20. The Kier molecular flexibility index (Phi) is 5.81. The third-order valence-electron chi connectivity index (χ3n) is 1.81. The van der Waals surface area contributed by atoms with Crippen LogP contribution in [0.3, 0.4) is 0 Å². The first-order valence-electron chi connectivity index (χ1n) is 5.26. The van der Waals surface area contributed by atoms with E-state index in [4.69, 9.17) is 16.7 Å². The maximum Gasteiger partial charge on any atom is 0.228 e. The van der Waals surface area contributed by atoms with Gasteiger partial charge in [0.15, 0.2) is 0 Å². The van der Waals surface area contributed by atoms with Gasteiger partial charge in [-0.3, -0.25) is 0 Å². The van der Waals surface area contributed by atoms with Gasteiger partial charge in [-0.2, -0.15) is 15.0 Å². The summed E-state index contributed by atoms with van der Waals surface area (Å²) in [5.41, 5.74) is 0. The van der Waals surface area contributed by atoms with Crippen molar-refractivity contribution < 1.29 is 5.11 Å². The van der Waals surface area contributed by atoms with Gasteiger partial charge in [0, 0.05) is 19.7 Å². The zero-order valence-corrected chi connectivity index (χ0v) is 9.96. The molecule has 0 aliphatic rings. The molecular formula is C9H16ClN5O. The number of hydrogen-bond acceptors (Lipinski definition) is 6. The summed E-state index contributed by atoms with van der Waals surface area (Å²) in [6.07, 6.45) is 1.61. The molecule has 0 aromatic carbocycles. The fraction of sp³-hybridized carbons (Fsp3) is 0.667. The summed E-state index contributed by atoms with van der Waals surface area (Å²) in [4.78, 5) is 12.0. The molecule has 1 rings (SSSR count). The largest absolute Gasteiger partial charge is 0.396 e. The summed E-state index contributed by atoms with van der Waals surface area (Å²) in [7, 11) is 0. The lowest BCUT2D eigenvalue weighted by molar-refractivity contribution is 0.286. The molecule has 3 N–H and O–H groups in total. The second-order valence-electron chi connectivity index (χ2n) is 3.14. The number of anilines is 2. The van der Waals surface area contributed by atoms with Crippen molar-refractivity contribution >= 4 is 23.5 Å². The number of nitrogens with zero attached hydrogens (tertiary/aromatic N) is 3. The Labute approximate surface area is 99.5 Å². The first kappa shape index (κ1) is 12.9. The average Bonchev–Trinajstić information content (AvgIpc) is 2.24. The molecule has 0 amide bonds. The lowest BCUT2D eigenvalue weighted by Gasteiger charge is -2.06. The van der Waals surface area contributed by atoms with Crippen molar-refractivity contribution in [3.8, 4) is 0 Å². The minimum absolute atomic E-state index is 0.163. The standard InChI is InChI=1S/C9H16ClN5O/c1-2-11-8-13-7(10)14-9(15-8)12-5-3-4-6-16/h16H,2-6H2,1H3,(H2,11,12,13,14,15). The Morgan fingerprint density at radius 2 is 1.81 bits per heavy atom. The minimum Gasteiger partial charge on any atom is -0.396 e. The number of rotatable bonds is 7. The Bertz CT molecular complexity index is 323. The van der Waals surface area contributed by atoms with Crippen LogP contribution in [0.4, 0.5) is 11.9 Å². The highest BCUT2D eigenvalue weighted by molar-refractivity contribution is 6.28. The maximum absolute atomic E-state index is 8.62. The van der Waals surface area contributed by atoms with Gasteiger partial charge in [0.2, 0.25) is 17.2 Å². The predicted octanol–water partition coefficient (Wildman–Crippen LogP) is 1.14. The van der Waals surface area contributed by atoms with Crippen LogP contribution >= 0.6 is 11.6 Å². The van der Waals surface area contributed by atoms with Gasteiger partial charge >= 0.3 is 0 Å². The fourth-order valence-electron chi connectivity index (χ4n) is 1.10. The van der Waals surface area contributed by atoms with E-state index in [1.165, 1.54) is 0 Å². The second kappa shape index (κ2) is 7.19. The number of nitrogens with one attached hydrogen (secondary N) is 2. The summed E-state index contributed by atoms with van der Waals surface area (Å²) in [6.45, 7) is 3.57. The summed E-state index contributed by atoms with van der Waals surface area (Å²) in [5, 5.41) is 14.8. The van der Waals surface area contributed by atoms with Crippen molar-refractivity contribution in [1.29, 1.82) is 0 Å². The van der Waals surface area contributed by atoms with Gasteiger partial charge in [-0.1, -0.05) is 0 Å². The molecule has 0 fully saturated rings. The van der Waals surface area contributed by atoms with Crippen LogP contribution in [0.25, 0.3) is 0 Å². The van der Waals surface area contributed by atoms with E-state index >= 15 is 0 Å². The third kappa shape index (κ3) is 4.59. The summed E-state index contributed by atoms with van der Waals surface area (Å²) in [5.74, 6) is 0.918. The normalized spacial score (nSPS) is 10.2. The Morgan fingerprint density at radius 3 is 2.44 bits per heavy atom. The van der Waals surface area contributed by atoms with Gasteiger partial charge in [-0.25, -0.2) is 0 Å². The monoisotopic (exact) mass is 245 g/mol. The molecule has 6 nitrogen and oxygen atoms in total. The SMILES string of the molecule is CCNc1nc(Cl)nc(NCCCCO)n1. The van der Waals surface area contributed by atoms with Crippen molar-refractivity contribution in [3.05, 3.63) is 5.28 Å². The van der Waals surface area contributed by atoms with Gasteiger partial charge in [0.25, 0.3) is 0 Å². The van der Waals surface area contributed by atoms with Gasteiger partial charge in [-0.15, -0.1) is 0 Å². The molecule has 0 radical (unpaired) electrons. The molecule has 1 aromatic heterocycles. The number of aliphatic hydroxyl groups is 1. The number of aliphatic hydroxyl groups excluding tert-OH is 1. The molecular weight excluding hydrogens is 230 g/mol. The van der Waals surface area contributed by atoms with Crippen molar-refractivity contribution in [3.63, 3.8) is 0 Å². The van der Waals surface area contributed by atoms with Crippen LogP contribution < -0.4 is 10.6 Å². The molecule has 0 unspecified atom stereocenters. The lowest BCUT2D eigenvalue weighted by atomic mass is 10.3. The minimum atomic E-state index is 0.163. The first-order chi connectivity index (χ1) is 7.76. The quantitative estimate of drug-likeness (QED) is 0.625. The molecule has 1 heterocycles. The highest BCUT2D eigenvalue weighted by atomic mass is 35.5. The Balaban J connectivity index is 2.51. The van der Waals surface area contributed by atoms with Gasteiger partial charge in [0.1, 0.15) is 0 Å². The van der Waals surface area contributed by atoms with E-state index in [1.807, 2.05) is 6.92 Å². The Hall–Kier alpha value is -1.14. The maximum atomic E-state index is 8.62. The topological polar surface area (TPSA) is 83.0 Å². The van der Waals surface area contributed by atoms with E-state index in [9.17, 15) is 0 Å². The van der Waals surface area contributed by atoms with E-state index in [-0.39, 0.29) is 11.9 Å². The molecule has 7 heteroatoms. The molecule has 90 valence electrons. The van der Waals surface area contributed by atoms with Crippen molar-refractivity contribution in [2.45, 2.75) is 19.8 Å². The van der Waals surface area contributed by atoms with Crippen LogP contribution in [0.2, 0.25) is 5.28 Å². The van der Waals surface area contributed by atoms with Crippen LogP contribution in [0.1, 0.15) is 19.8 Å². The molecule has 0 bridgehead atoms. The predicted molar refractivity (Wildman–Crippen MR) is 63.8 cm³/mol. The van der Waals surface area contributed by atoms with E-state index < -0.39 is 0 Å². The highest BCUT2D eigenvalue weighted by Crippen LogP contribution is 2.09. The summed E-state index contributed by atoms with van der Waals surface area (Å²) >= 11 is 5.74. The van der Waals surface area contributed by atoms with Gasteiger partial charge in [-0.05, 0) is 31.4 Å². The summed E-state index contributed by atoms with van der Waals surface area (Å²) < 4.78 is 0. The van der Waals surface area contributed by atoms with Crippen LogP contribution in [0.5, 0.6) is 0 Å². The van der Waals surface area contributed by atoms with Crippen LogP contribution in [-0.2, 0) is 0 Å². The number of aromatic nitrogens is 3. The van der Waals surface area contributed by atoms with Crippen LogP contribution in [-0.4, -0.2) is 39.8 Å². The lowest BCUT2D eigenvalue weighted by Crippen LogP contribution is -2.10. The fourth-order valence-corrected chi connectivity index (χ4v) is 1.26. The van der Waals surface area contributed by atoms with Gasteiger partial charge in [0.05, 0.1) is 0 Å². The van der Waals surface area contributed by atoms with Crippen LogP contribution in [0.15, 0.2) is 0 Å². The number of unbranched alkanes of at least 4 members (excludes halogenated alkanes) is 1. The van der Waals surface area contributed by atoms with Gasteiger partial charge < -0.3 is 15.7 Å². The van der Waals surface area contributed by atoms with Crippen molar-refractivity contribution in [2.24, 2.45) is 0 Å². The first-order valence-corrected chi connectivity index (χ1v) is 5.64. The summed E-state index contributed by atoms with van der Waals surface area (Å²) in [6, 6.07) is 0. The molecule has 0 aliphatic carbocycles. The van der Waals surface area contributed by atoms with E-state index in [0.29, 0.717) is 18.4 Å². The average molecular weight is 246 g/mol. The molecule has 16 heavy (non-hydrogen) atoms. The number of hydrogen-bond donors (Lipinski definition) is 3. The molecule has 0 spiro atoms. The van der Waals surface area contributed by atoms with Crippen molar-refractivity contribution in [1.82, 2.24) is 15.0 Å². The van der Waals surface area contributed by atoms with E-state index in [0.717, 1.165) is 19.4 Å². The molecule has 1 aromatic rings. The van der Waals surface area contributed by atoms with E-state index in [1.54, 1.807) is 0 Å². The number of halogens is 1. The van der Waals surface area contributed by atoms with Crippen molar-refractivity contribution in [2.75, 3.05) is 30.3 Å². The molecule has 0 saturated carbocycles. The smallest absolute Gasteiger partial charge is 0.228 e.